The maximum Gasteiger partial charge on any atom is 0.151 e. The zero-order valence-corrected chi connectivity index (χ0v) is 12.7. The first-order valence-electron chi connectivity index (χ1n) is 7.19. The molecule has 2 heterocycles. The Morgan fingerprint density at radius 1 is 1.40 bits per heavy atom. The number of imidazole rings is 2. The quantitative estimate of drug-likeness (QED) is 0.699. The van der Waals surface area contributed by atoms with E-state index in [0.29, 0.717) is 5.15 Å². The Hall–Kier alpha value is -1.33. The molecule has 0 aromatic carbocycles. The molecular formula is C14H22ClN5. The van der Waals surface area contributed by atoms with Crippen molar-refractivity contribution in [3.63, 3.8) is 0 Å². The van der Waals surface area contributed by atoms with Crippen LogP contribution in [0.25, 0.3) is 0 Å². The number of aryl methyl sites for hydroxylation is 2. The molecule has 2 rings (SSSR count). The van der Waals surface area contributed by atoms with E-state index in [1.165, 1.54) is 6.42 Å². The van der Waals surface area contributed by atoms with E-state index in [9.17, 15) is 0 Å². The van der Waals surface area contributed by atoms with Gasteiger partial charge in [-0.1, -0.05) is 24.9 Å². The number of aromatic amines is 1. The van der Waals surface area contributed by atoms with Crippen molar-refractivity contribution in [3.8, 4) is 0 Å². The molecule has 0 aliphatic rings. The van der Waals surface area contributed by atoms with Crippen molar-refractivity contribution in [3.05, 3.63) is 35.4 Å². The van der Waals surface area contributed by atoms with E-state index in [1.807, 2.05) is 12.5 Å². The third-order valence-electron chi connectivity index (χ3n) is 3.18. The lowest BCUT2D eigenvalue weighted by Gasteiger charge is -2.04. The Morgan fingerprint density at radius 3 is 3.05 bits per heavy atom. The molecule has 2 N–H and O–H groups in total. The molecule has 0 aliphatic heterocycles. The van der Waals surface area contributed by atoms with Gasteiger partial charge in [0.1, 0.15) is 5.82 Å². The fourth-order valence-electron chi connectivity index (χ4n) is 2.04. The second kappa shape index (κ2) is 8.07. The molecule has 2 aromatic heterocycles. The zero-order valence-electron chi connectivity index (χ0n) is 11.9. The third-order valence-corrected chi connectivity index (χ3v) is 3.49. The first-order valence-corrected chi connectivity index (χ1v) is 7.57. The lowest BCUT2D eigenvalue weighted by molar-refractivity contribution is 0.577. The summed E-state index contributed by atoms with van der Waals surface area (Å²) in [7, 11) is 0. The van der Waals surface area contributed by atoms with Gasteiger partial charge in [-0.05, 0) is 19.4 Å². The Balaban J connectivity index is 1.67. The highest BCUT2D eigenvalue weighted by Crippen LogP contribution is 2.13. The fraction of sp³-hybridized carbons (Fsp3) is 0.571. The fourth-order valence-corrected chi connectivity index (χ4v) is 2.25. The van der Waals surface area contributed by atoms with Crippen LogP contribution in [0.5, 0.6) is 0 Å². The van der Waals surface area contributed by atoms with Crippen molar-refractivity contribution < 1.29 is 0 Å². The Kier molecular flexibility index (Phi) is 6.08. The van der Waals surface area contributed by atoms with E-state index in [2.05, 4.69) is 31.8 Å². The van der Waals surface area contributed by atoms with E-state index in [0.717, 1.165) is 50.4 Å². The minimum absolute atomic E-state index is 0.596. The van der Waals surface area contributed by atoms with Crippen LogP contribution in [-0.4, -0.2) is 26.1 Å². The van der Waals surface area contributed by atoms with Gasteiger partial charge < -0.3 is 14.9 Å². The minimum atomic E-state index is 0.596. The van der Waals surface area contributed by atoms with Crippen LogP contribution in [-0.2, 0) is 19.5 Å². The van der Waals surface area contributed by atoms with E-state index in [1.54, 1.807) is 6.20 Å². The average molecular weight is 296 g/mol. The molecule has 6 heteroatoms. The molecule has 0 atom stereocenters. The number of nitrogens with one attached hydrogen (secondary N) is 2. The normalized spacial score (nSPS) is 11.1. The number of hydrogen-bond donors (Lipinski definition) is 2. The van der Waals surface area contributed by atoms with Crippen molar-refractivity contribution >= 4 is 11.6 Å². The smallest absolute Gasteiger partial charge is 0.151 e. The van der Waals surface area contributed by atoms with E-state index < -0.39 is 0 Å². The predicted molar refractivity (Wildman–Crippen MR) is 80.8 cm³/mol. The molecule has 0 spiro atoms. The van der Waals surface area contributed by atoms with Crippen molar-refractivity contribution in [1.82, 2.24) is 24.8 Å². The molecule has 0 radical (unpaired) electrons. The van der Waals surface area contributed by atoms with Crippen LogP contribution in [0, 0.1) is 0 Å². The molecule has 110 valence electrons. The summed E-state index contributed by atoms with van der Waals surface area (Å²) in [6.07, 6.45) is 9.95. The minimum Gasteiger partial charge on any atom is -0.344 e. The molecule has 0 unspecified atom stereocenters. The van der Waals surface area contributed by atoms with Crippen LogP contribution in [0.15, 0.2) is 18.7 Å². The van der Waals surface area contributed by atoms with Gasteiger partial charge in [0.25, 0.3) is 0 Å². The first kappa shape index (κ1) is 15.1. The van der Waals surface area contributed by atoms with E-state index >= 15 is 0 Å². The average Bonchev–Trinajstić information content (AvgIpc) is 3.06. The van der Waals surface area contributed by atoms with Crippen molar-refractivity contribution in [1.29, 1.82) is 0 Å². The third kappa shape index (κ3) is 4.65. The summed E-state index contributed by atoms with van der Waals surface area (Å²) in [6, 6.07) is 0. The van der Waals surface area contributed by atoms with Crippen LogP contribution in [0.2, 0.25) is 5.15 Å². The highest BCUT2D eigenvalue weighted by molar-refractivity contribution is 6.30. The summed E-state index contributed by atoms with van der Waals surface area (Å²) >= 11 is 6.12. The molecule has 5 nitrogen and oxygen atoms in total. The second-order valence-electron chi connectivity index (χ2n) is 4.89. The van der Waals surface area contributed by atoms with Gasteiger partial charge >= 0.3 is 0 Å². The number of hydrogen-bond acceptors (Lipinski definition) is 3. The van der Waals surface area contributed by atoms with Crippen LogP contribution < -0.4 is 5.32 Å². The summed E-state index contributed by atoms with van der Waals surface area (Å²) in [5.74, 6) is 0.993. The number of unbranched alkanes of at least 4 members (excludes halogenated alkanes) is 1. The van der Waals surface area contributed by atoms with Gasteiger partial charge in [-0.3, -0.25) is 0 Å². The first-order chi connectivity index (χ1) is 9.79. The summed E-state index contributed by atoms with van der Waals surface area (Å²) in [4.78, 5) is 11.7. The number of rotatable bonds is 9. The van der Waals surface area contributed by atoms with Gasteiger partial charge in [0.2, 0.25) is 0 Å². The summed E-state index contributed by atoms with van der Waals surface area (Å²) in [5, 5.41) is 3.98. The predicted octanol–water partition coefficient (Wildman–Crippen LogP) is 2.78. The maximum atomic E-state index is 6.12. The topological polar surface area (TPSA) is 58.5 Å². The van der Waals surface area contributed by atoms with Crippen LogP contribution >= 0.6 is 11.6 Å². The maximum absolute atomic E-state index is 6.12. The molecule has 20 heavy (non-hydrogen) atoms. The summed E-state index contributed by atoms with van der Waals surface area (Å²) < 4.78 is 2.08. The van der Waals surface area contributed by atoms with Crippen LogP contribution in [0.1, 0.15) is 37.7 Å². The zero-order chi connectivity index (χ0) is 14.2. The molecule has 0 aliphatic carbocycles. The number of H-pyrrole nitrogens is 1. The number of nitrogens with zero attached hydrogens (tertiary/aromatic N) is 3. The largest absolute Gasteiger partial charge is 0.344 e. The molecule has 0 saturated heterocycles. The highest BCUT2D eigenvalue weighted by Gasteiger charge is 2.07. The Bertz CT molecular complexity index is 492. The SMILES string of the molecule is CCCCc1nc(Cl)c(CNCCCn2ccnc2)[nH]1. The molecule has 2 aromatic rings. The molecule has 0 bridgehead atoms. The van der Waals surface area contributed by atoms with E-state index in [-0.39, 0.29) is 0 Å². The van der Waals surface area contributed by atoms with Gasteiger partial charge in [-0.2, -0.15) is 0 Å². The number of halogens is 1. The monoisotopic (exact) mass is 295 g/mol. The molecule has 0 amide bonds. The number of aromatic nitrogens is 4. The Morgan fingerprint density at radius 2 is 2.30 bits per heavy atom. The Labute approximate surface area is 124 Å². The molecular weight excluding hydrogens is 274 g/mol. The second-order valence-corrected chi connectivity index (χ2v) is 5.25. The van der Waals surface area contributed by atoms with Crippen LogP contribution in [0.4, 0.5) is 0 Å². The van der Waals surface area contributed by atoms with Gasteiger partial charge in [-0.25, -0.2) is 9.97 Å². The van der Waals surface area contributed by atoms with Crippen molar-refractivity contribution in [2.45, 2.75) is 45.7 Å². The highest BCUT2D eigenvalue weighted by atomic mass is 35.5. The van der Waals surface area contributed by atoms with E-state index in [4.69, 9.17) is 11.6 Å². The van der Waals surface area contributed by atoms with Crippen LogP contribution in [0.3, 0.4) is 0 Å². The summed E-state index contributed by atoms with van der Waals surface area (Å²) in [5.41, 5.74) is 0.986. The lowest BCUT2D eigenvalue weighted by atomic mass is 10.2. The van der Waals surface area contributed by atoms with Crippen molar-refractivity contribution in [2.24, 2.45) is 0 Å². The molecule has 0 fully saturated rings. The van der Waals surface area contributed by atoms with Gasteiger partial charge in [-0.15, -0.1) is 0 Å². The van der Waals surface area contributed by atoms with Gasteiger partial charge in [0.15, 0.2) is 5.15 Å². The summed E-state index contributed by atoms with van der Waals surface area (Å²) in [6.45, 7) is 4.83. The van der Waals surface area contributed by atoms with Gasteiger partial charge in [0, 0.05) is 31.9 Å². The van der Waals surface area contributed by atoms with Crippen molar-refractivity contribution in [2.75, 3.05) is 6.54 Å². The van der Waals surface area contributed by atoms with Gasteiger partial charge in [0.05, 0.1) is 12.0 Å². The molecule has 0 saturated carbocycles. The standard InChI is InChI=1S/C14H22ClN5/c1-2-3-5-13-18-12(14(15)19-13)10-16-6-4-8-20-9-7-17-11-20/h7,9,11,16H,2-6,8,10H2,1H3,(H,18,19). The lowest BCUT2D eigenvalue weighted by Crippen LogP contribution is -2.16.